The van der Waals surface area contributed by atoms with E-state index >= 15 is 0 Å². The third-order valence-electron chi connectivity index (χ3n) is 3.53. The molecule has 1 atom stereocenters. The summed E-state index contributed by atoms with van der Waals surface area (Å²) in [5.41, 5.74) is 0. The topological polar surface area (TPSA) is 23.5 Å². The molecule has 2 nitrogen and oxygen atoms in total. The molecule has 0 aromatic carbocycles. The maximum atomic E-state index is 9.42. The lowest BCUT2D eigenvalue weighted by molar-refractivity contribution is 0.103. The van der Waals surface area contributed by atoms with Crippen molar-refractivity contribution in [3.8, 4) is 0 Å². The highest BCUT2D eigenvalue weighted by Gasteiger charge is 2.18. The Labute approximate surface area is 94.7 Å². The number of rotatable bonds is 6. The van der Waals surface area contributed by atoms with Crippen molar-refractivity contribution in [1.82, 2.24) is 4.90 Å². The Morgan fingerprint density at radius 3 is 2.27 bits per heavy atom. The second-order valence-corrected chi connectivity index (χ2v) is 5.38. The first-order chi connectivity index (χ1) is 7.09. The third-order valence-corrected chi connectivity index (χ3v) is 3.53. The third kappa shape index (κ3) is 4.98. The standard InChI is InChI=1S/C13H27NO/c1-11(2)14(10-12(3)15)9-8-13-6-4-5-7-13/h11-13,15H,4-10H2,1-3H3. The molecule has 0 aliphatic heterocycles. The van der Waals surface area contributed by atoms with E-state index in [2.05, 4.69) is 18.7 Å². The van der Waals surface area contributed by atoms with Crippen molar-refractivity contribution >= 4 is 0 Å². The first-order valence-corrected chi connectivity index (χ1v) is 6.51. The van der Waals surface area contributed by atoms with Crippen LogP contribution < -0.4 is 0 Å². The van der Waals surface area contributed by atoms with Crippen molar-refractivity contribution in [3.05, 3.63) is 0 Å². The van der Waals surface area contributed by atoms with Gasteiger partial charge in [-0.2, -0.15) is 0 Å². The summed E-state index contributed by atoms with van der Waals surface area (Å²) < 4.78 is 0. The lowest BCUT2D eigenvalue weighted by Crippen LogP contribution is -2.37. The van der Waals surface area contributed by atoms with E-state index in [0.717, 1.165) is 19.0 Å². The molecule has 0 bridgehead atoms. The van der Waals surface area contributed by atoms with Crippen LogP contribution in [0.25, 0.3) is 0 Å². The zero-order valence-corrected chi connectivity index (χ0v) is 10.6. The summed E-state index contributed by atoms with van der Waals surface area (Å²) in [6.07, 6.45) is 6.86. The van der Waals surface area contributed by atoms with Gasteiger partial charge in [-0.1, -0.05) is 25.7 Å². The Kier molecular flexibility index (Phi) is 5.62. The van der Waals surface area contributed by atoms with Crippen LogP contribution in [0.2, 0.25) is 0 Å². The predicted octanol–water partition coefficient (Wildman–Crippen LogP) is 2.66. The summed E-state index contributed by atoms with van der Waals surface area (Å²) >= 11 is 0. The summed E-state index contributed by atoms with van der Waals surface area (Å²) in [5, 5.41) is 9.42. The second kappa shape index (κ2) is 6.49. The molecular weight excluding hydrogens is 186 g/mol. The molecule has 1 unspecified atom stereocenters. The number of hydrogen-bond acceptors (Lipinski definition) is 2. The molecule has 15 heavy (non-hydrogen) atoms. The highest BCUT2D eigenvalue weighted by molar-refractivity contribution is 4.72. The van der Waals surface area contributed by atoms with Crippen molar-refractivity contribution in [1.29, 1.82) is 0 Å². The van der Waals surface area contributed by atoms with Crippen molar-refractivity contribution < 1.29 is 5.11 Å². The first kappa shape index (κ1) is 13.0. The minimum atomic E-state index is -0.198. The van der Waals surface area contributed by atoms with Crippen LogP contribution in [0.4, 0.5) is 0 Å². The molecule has 1 saturated carbocycles. The summed E-state index contributed by atoms with van der Waals surface area (Å²) in [6.45, 7) is 8.30. The van der Waals surface area contributed by atoms with Gasteiger partial charge in [0.15, 0.2) is 0 Å². The molecule has 1 aliphatic carbocycles. The molecule has 1 aliphatic rings. The van der Waals surface area contributed by atoms with Gasteiger partial charge >= 0.3 is 0 Å². The van der Waals surface area contributed by atoms with Gasteiger partial charge in [0, 0.05) is 12.6 Å². The van der Waals surface area contributed by atoms with Gasteiger partial charge in [0.2, 0.25) is 0 Å². The van der Waals surface area contributed by atoms with Gasteiger partial charge in [0.1, 0.15) is 0 Å². The SMILES string of the molecule is CC(O)CN(CCC1CCCC1)C(C)C. The van der Waals surface area contributed by atoms with Crippen molar-refractivity contribution in [3.63, 3.8) is 0 Å². The molecule has 0 heterocycles. The highest BCUT2D eigenvalue weighted by atomic mass is 16.3. The lowest BCUT2D eigenvalue weighted by atomic mass is 10.0. The van der Waals surface area contributed by atoms with Crippen LogP contribution in [0.15, 0.2) is 0 Å². The molecule has 90 valence electrons. The van der Waals surface area contributed by atoms with Gasteiger partial charge in [-0.3, -0.25) is 4.90 Å². The maximum Gasteiger partial charge on any atom is 0.0639 e. The van der Waals surface area contributed by atoms with Crippen molar-refractivity contribution in [2.45, 2.75) is 65.0 Å². The molecule has 1 rings (SSSR count). The number of hydrogen-bond donors (Lipinski definition) is 1. The molecule has 0 spiro atoms. The number of aliphatic hydroxyl groups is 1. The normalized spacial score (nSPS) is 20.4. The van der Waals surface area contributed by atoms with Crippen LogP contribution in [0, 0.1) is 5.92 Å². The van der Waals surface area contributed by atoms with E-state index in [9.17, 15) is 5.11 Å². The van der Waals surface area contributed by atoms with Crippen LogP contribution >= 0.6 is 0 Å². The van der Waals surface area contributed by atoms with Crippen molar-refractivity contribution in [2.75, 3.05) is 13.1 Å². The minimum Gasteiger partial charge on any atom is -0.392 e. The molecule has 1 fully saturated rings. The van der Waals surface area contributed by atoms with Crippen LogP contribution in [-0.4, -0.2) is 35.2 Å². The van der Waals surface area contributed by atoms with Crippen molar-refractivity contribution in [2.24, 2.45) is 5.92 Å². The predicted molar refractivity (Wildman–Crippen MR) is 65.0 cm³/mol. The maximum absolute atomic E-state index is 9.42. The molecule has 2 heteroatoms. The van der Waals surface area contributed by atoms with Gasteiger partial charge in [0.25, 0.3) is 0 Å². The Morgan fingerprint density at radius 2 is 1.80 bits per heavy atom. The fourth-order valence-corrected chi connectivity index (χ4v) is 2.55. The minimum absolute atomic E-state index is 0.198. The Hall–Kier alpha value is -0.0800. The molecule has 0 saturated heterocycles. The summed E-state index contributed by atoms with van der Waals surface area (Å²) in [5.74, 6) is 0.959. The van der Waals surface area contributed by atoms with Gasteiger partial charge in [-0.15, -0.1) is 0 Å². The highest BCUT2D eigenvalue weighted by Crippen LogP contribution is 2.27. The molecule has 0 amide bonds. The summed E-state index contributed by atoms with van der Waals surface area (Å²) in [6, 6.07) is 0.556. The quantitative estimate of drug-likeness (QED) is 0.733. The fourth-order valence-electron chi connectivity index (χ4n) is 2.55. The van der Waals surface area contributed by atoms with E-state index in [1.807, 2.05) is 6.92 Å². The zero-order valence-electron chi connectivity index (χ0n) is 10.6. The smallest absolute Gasteiger partial charge is 0.0639 e. The molecule has 0 radical (unpaired) electrons. The molecule has 0 aromatic heterocycles. The van der Waals surface area contributed by atoms with E-state index < -0.39 is 0 Å². The largest absolute Gasteiger partial charge is 0.392 e. The van der Waals surface area contributed by atoms with Gasteiger partial charge < -0.3 is 5.11 Å². The van der Waals surface area contributed by atoms with Crippen LogP contribution in [0.3, 0.4) is 0 Å². The average molecular weight is 213 g/mol. The summed E-state index contributed by atoms with van der Waals surface area (Å²) in [4.78, 5) is 2.41. The molecular formula is C13H27NO. The van der Waals surface area contributed by atoms with Crippen LogP contribution in [0.1, 0.15) is 52.9 Å². The van der Waals surface area contributed by atoms with Gasteiger partial charge in [-0.05, 0) is 39.7 Å². The fraction of sp³-hybridized carbons (Fsp3) is 1.00. The van der Waals surface area contributed by atoms with E-state index in [4.69, 9.17) is 0 Å². The number of nitrogens with zero attached hydrogens (tertiary/aromatic N) is 1. The van der Waals surface area contributed by atoms with Gasteiger partial charge in [0.05, 0.1) is 6.10 Å². The Morgan fingerprint density at radius 1 is 1.20 bits per heavy atom. The lowest BCUT2D eigenvalue weighted by Gasteiger charge is -2.28. The Balaban J connectivity index is 2.24. The monoisotopic (exact) mass is 213 g/mol. The Bertz CT molecular complexity index is 162. The van der Waals surface area contributed by atoms with E-state index in [-0.39, 0.29) is 6.10 Å². The van der Waals surface area contributed by atoms with E-state index in [1.165, 1.54) is 32.1 Å². The van der Waals surface area contributed by atoms with E-state index in [0.29, 0.717) is 6.04 Å². The zero-order chi connectivity index (χ0) is 11.3. The molecule has 0 aromatic rings. The number of aliphatic hydroxyl groups excluding tert-OH is 1. The second-order valence-electron chi connectivity index (χ2n) is 5.38. The molecule has 1 N–H and O–H groups in total. The first-order valence-electron chi connectivity index (χ1n) is 6.51. The van der Waals surface area contributed by atoms with Crippen LogP contribution in [-0.2, 0) is 0 Å². The van der Waals surface area contributed by atoms with Crippen LogP contribution in [0.5, 0.6) is 0 Å². The van der Waals surface area contributed by atoms with Gasteiger partial charge in [-0.25, -0.2) is 0 Å². The average Bonchev–Trinajstić information content (AvgIpc) is 2.63. The van der Waals surface area contributed by atoms with E-state index in [1.54, 1.807) is 0 Å². The summed E-state index contributed by atoms with van der Waals surface area (Å²) in [7, 11) is 0.